The van der Waals surface area contributed by atoms with Crippen LogP contribution in [-0.4, -0.2) is 110 Å². The van der Waals surface area contributed by atoms with Crippen LogP contribution in [0.5, 0.6) is 0 Å². The third kappa shape index (κ3) is 38.4. The summed E-state index contributed by atoms with van der Waals surface area (Å²) < 4.78 is 11.2. The second-order valence-corrected chi connectivity index (χ2v) is 22.1. The molecule has 1 rings (SSSR count). The SMILES string of the molecule is CCCCCCCCCCCCCC/C=C\CCCCCCCCCC(O)C(=O)NC(COC1OC(CO)C(O)C(O)C1O)C(O)C(O)CCCCCCCCCCCCCCCCCCCCCCCC. The normalized spacial score (nSPS) is 20.0. The highest BCUT2D eigenvalue weighted by Crippen LogP contribution is 2.24. The predicted molar refractivity (Wildman–Crippen MR) is 298 cm³/mol. The fraction of sp³-hybridized carbons (Fsp3) is 0.951. The Kier molecular flexibility index (Phi) is 48.4. The summed E-state index contributed by atoms with van der Waals surface area (Å²) in [7, 11) is 0. The highest BCUT2D eigenvalue weighted by molar-refractivity contribution is 5.80. The average molecular weight is 1030 g/mol. The van der Waals surface area contributed by atoms with Gasteiger partial charge in [0.1, 0.15) is 36.6 Å². The largest absolute Gasteiger partial charge is 0.394 e. The number of allylic oxidation sites excluding steroid dienone is 2. The van der Waals surface area contributed by atoms with E-state index in [0.717, 1.165) is 44.9 Å². The first-order valence-electron chi connectivity index (χ1n) is 31.1. The number of aliphatic hydroxyl groups is 7. The summed E-state index contributed by atoms with van der Waals surface area (Å²) in [5.41, 5.74) is 0. The molecule has 0 aromatic rings. The van der Waals surface area contributed by atoms with E-state index >= 15 is 0 Å². The fourth-order valence-electron chi connectivity index (χ4n) is 10.3. The monoisotopic (exact) mass is 1030 g/mol. The van der Waals surface area contributed by atoms with Crippen LogP contribution in [0.1, 0.15) is 303 Å². The number of carbonyl (C=O) groups excluding carboxylic acids is 1. The molecular weight excluding hydrogens is 907 g/mol. The van der Waals surface area contributed by atoms with Crippen molar-refractivity contribution in [3.63, 3.8) is 0 Å². The summed E-state index contributed by atoms with van der Waals surface area (Å²) in [5.74, 6) is -0.695. The molecule has 428 valence electrons. The van der Waals surface area contributed by atoms with Crippen molar-refractivity contribution in [1.29, 1.82) is 0 Å². The molecule has 1 heterocycles. The number of unbranched alkanes of at least 4 members (excludes halogenated alkanes) is 40. The Balaban J connectivity index is 2.28. The first-order chi connectivity index (χ1) is 35.2. The van der Waals surface area contributed by atoms with Gasteiger partial charge in [0.15, 0.2) is 6.29 Å². The second-order valence-electron chi connectivity index (χ2n) is 22.1. The number of hydrogen-bond acceptors (Lipinski definition) is 10. The maximum atomic E-state index is 13.2. The van der Waals surface area contributed by atoms with Crippen LogP contribution in [0.15, 0.2) is 12.2 Å². The molecular formula is C61H119NO10. The van der Waals surface area contributed by atoms with E-state index in [1.165, 1.54) is 218 Å². The zero-order chi connectivity index (χ0) is 52.5. The van der Waals surface area contributed by atoms with Gasteiger partial charge in [-0.25, -0.2) is 0 Å². The molecule has 9 atom stereocenters. The van der Waals surface area contributed by atoms with Gasteiger partial charge >= 0.3 is 0 Å². The van der Waals surface area contributed by atoms with Crippen LogP contribution in [0.2, 0.25) is 0 Å². The molecule has 1 amide bonds. The third-order valence-electron chi connectivity index (χ3n) is 15.3. The minimum Gasteiger partial charge on any atom is -0.394 e. The van der Waals surface area contributed by atoms with Gasteiger partial charge in [0.25, 0.3) is 0 Å². The zero-order valence-corrected chi connectivity index (χ0v) is 46.9. The van der Waals surface area contributed by atoms with E-state index in [0.29, 0.717) is 19.3 Å². The Morgan fingerprint density at radius 1 is 0.472 bits per heavy atom. The van der Waals surface area contributed by atoms with E-state index in [-0.39, 0.29) is 6.42 Å². The minimum absolute atomic E-state index is 0.258. The Morgan fingerprint density at radius 3 is 1.17 bits per heavy atom. The Morgan fingerprint density at radius 2 is 0.806 bits per heavy atom. The van der Waals surface area contributed by atoms with E-state index < -0.39 is 74.2 Å². The lowest BCUT2D eigenvalue weighted by atomic mass is 9.98. The third-order valence-corrected chi connectivity index (χ3v) is 15.3. The predicted octanol–water partition coefficient (Wildman–Crippen LogP) is 13.5. The molecule has 0 aromatic heterocycles. The molecule has 0 bridgehead atoms. The quantitative estimate of drug-likeness (QED) is 0.0215. The highest BCUT2D eigenvalue weighted by Gasteiger charge is 2.44. The van der Waals surface area contributed by atoms with Gasteiger partial charge in [-0.3, -0.25) is 4.79 Å². The van der Waals surface area contributed by atoms with Crippen LogP contribution >= 0.6 is 0 Å². The number of nitrogens with one attached hydrogen (secondary N) is 1. The summed E-state index contributed by atoms with van der Waals surface area (Å²) >= 11 is 0. The highest BCUT2D eigenvalue weighted by atomic mass is 16.7. The number of rotatable bonds is 54. The van der Waals surface area contributed by atoms with Crippen molar-refractivity contribution in [3.8, 4) is 0 Å². The standard InChI is InChI=1S/C61H119NO10/c1-3-5-7-9-11-13-15-17-19-21-23-25-27-29-31-33-35-37-39-41-43-45-47-49-54(65)60(70)62-52(51-71-61-59(69)58(68)57(67)55(50-63)72-61)56(66)53(64)48-46-44-42-40-38-36-34-32-30-28-26-24-22-20-18-16-14-12-10-8-6-4-2/h29,31,52-59,61,63-69H,3-28,30,32-51H2,1-2H3,(H,62,70)/b31-29-. The van der Waals surface area contributed by atoms with Crippen LogP contribution in [0, 0.1) is 0 Å². The minimum atomic E-state index is -1.66. The Labute approximate surface area is 442 Å². The molecule has 11 nitrogen and oxygen atoms in total. The maximum absolute atomic E-state index is 13.2. The van der Waals surface area contributed by atoms with Crippen molar-refractivity contribution in [2.24, 2.45) is 0 Å². The van der Waals surface area contributed by atoms with Gasteiger partial charge in [-0.2, -0.15) is 0 Å². The van der Waals surface area contributed by atoms with Crippen LogP contribution in [0.4, 0.5) is 0 Å². The van der Waals surface area contributed by atoms with Gasteiger partial charge in [-0.1, -0.05) is 276 Å². The van der Waals surface area contributed by atoms with Gasteiger partial charge in [-0.05, 0) is 38.5 Å². The number of amides is 1. The summed E-state index contributed by atoms with van der Waals surface area (Å²) in [6.45, 7) is 3.50. The van der Waals surface area contributed by atoms with E-state index in [4.69, 9.17) is 9.47 Å². The van der Waals surface area contributed by atoms with Crippen LogP contribution < -0.4 is 5.32 Å². The fourth-order valence-corrected chi connectivity index (χ4v) is 10.3. The smallest absolute Gasteiger partial charge is 0.249 e. The Bertz CT molecular complexity index is 1180. The summed E-state index contributed by atoms with van der Waals surface area (Å²) in [4.78, 5) is 13.2. The number of ether oxygens (including phenoxy) is 2. The molecule has 1 aliphatic rings. The lowest BCUT2D eigenvalue weighted by Gasteiger charge is -2.40. The summed E-state index contributed by atoms with van der Waals surface area (Å²) in [5, 5.41) is 76.3. The molecule has 1 fully saturated rings. The summed E-state index contributed by atoms with van der Waals surface area (Å²) in [6.07, 6.45) is 48.3. The molecule has 0 radical (unpaired) electrons. The van der Waals surface area contributed by atoms with Crippen molar-refractivity contribution in [1.82, 2.24) is 5.32 Å². The van der Waals surface area contributed by atoms with Crippen molar-refractivity contribution < 1.29 is 50.0 Å². The molecule has 72 heavy (non-hydrogen) atoms. The van der Waals surface area contributed by atoms with Gasteiger partial charge < -0.3 is 50.5 Å². The first-order valence-corrected chi connectivity index (χ1v) is 31.1. The molecule has 0 spiro atoms. The van der Waals surface area contributed by atoms with Gasteiger partial charge in [0.2, 0.25) is 5.91 Å². The maximum Gasteiger partial charge on any atom is 0.249 e. The van der Waals surface area contributed by atoms with Gasteiger partial charge in [-0.15, -0.1) is 0 Å². The van der Waals surface area contributed by atoms with Crippen molar-refractivity contribution in [2.75, 3.05) is 13.2 Å². The molecule has 11 heteroatoms. The van der Waals surface area contributed by atoms with Crippen LogP contribution in [0.3, 0.4) is 0 Å². The number of aliphatic hydroxyl groups excluding tert-OH is 7. The van der Waals surface area contributed by atoms with Crippen LogP contribution in [0.25, 0.3) is 0 Å². The van der Waals surface area contributed by atoms with E-state index in [2.05, 4.69) is 31.3 Å². The van der Waals surface area contributed by atoms with Gasteiger partial charge in [0.05, 0.1) is 25.4 Å². The number of hydrogen-bond donors (Lipinski definition) is 8. The average Bonchev–Trinajstić information content (AvgIpc) is 3.38. The van der Waals surface area contributed by atoms with Gasteiger partial charge in [0, 0.05) is 0 Å². The molecule has 8 N–H and O–H groups in total. The van der Waals surface area contributed by atoms with Crippen molar-refractivity contribution >= 4 is 5.91 Å². The zero-order valence-electron chi connectivity index (χ0n) is 46.9. The number of carbonyl (C=O) groups is 1. The summed E-state index contributed by atoms with van der Waals surface area (Å²) in [6, 6.07) is -1.17. The van der Waals surface area contributed by atoms with E-state index in [1.807, 2.05) is 0 Å². The molecule has 1 aliphatic heterocycles. The molecule has 1 saturated heterocycles. The molecule has 0 aromatic carbocycles. The Hall–Kier alpha value is -1.15. The van der Waals surface area contributed by atoms with Crippen molar-refractivity contribution in [3.05, 3.63) is 12.2 Å². The van der Waals surface area contributed by atoms with Crippen molar-refractivity contribution in [2.45, 2.75) is 358 Å². The molecule has 0 saturated carbocycles. The molecule has 0 aliphatic carbocycles. The lowest BCUT2D eigenvalue weighted by Crippen LogP contribution is -2.60. The van der Waals surface area contributed by atoms with E-state index in [1.54, 1.807) is 0 Å². The van der Waals surface area contributed by atoms with Crippen LogP contribution in [-0.2, 0) is 14.3 Å². The topological polar surface area (TPSA) is 189 Å². The second kappa shape index (κ2) is 50.7. The first kappa shape index (κ1) is 68.9. The molecule has 9 unspecified atom stereocenters. The van der Waals surface area contributed by atoms with E-state index in [9.17, 15) is 40.5 Å². The lowest BCUT2D eigenvalue weighted by molar-refractivity contribution is -0.303.